The van der Waals surface area contributed by atoms with E-state index in [1.165, 1.54) is 38.5 Å². The van der Waals surface area contributed by atoms with Crippen LogP contribution >= 0.6 is 0 Å². The van der Waals surface area contributed by atoms with Crippen molar-refractivity contribution < 1.29 is 14.3 Å². The maximum atomic E-state index is 12.0. The summed E-state index contributed by atoms with van der Waals surface area (Å²) in [5, 5.41) is 0. The maximum absolute atomic E-state index is 12.0. The summed E-state index contributed by atoms with van der Waals surface area (Å²) in [5.74, 6) is -0.142. The number of carbonyl (C=O) groups is 2. The summed E-state index contributed by atoms with van der Waals surface area (Å²) in [5.41, 5.74) is 0. The van der Waals surface area contributed by atoms with Gasteiger partial charge in [-0.25, -0.2) is 4.79 Å². The summed E-state index contributed by atoms with van der Waals surface area (Å²) in [7, 11) is 0. The lowest BCUT2D eigenvalue weighted by Crippen LogP contribution is -2.39. The molecule has 0 aromatic carbocycles. The highest BCUT2D eigenvalue weighted by Crippen LogP contribution is 2.19. The molecule has 0 aliphatic carbocycles. The predicted molar refractivity (Wildman–Crippen MR) is 84.0 cm³/mol. The summed E-state index contributed by atoms with van der Waals surface area (Å²) in [6.07, 6.45) is 11.0. The molecule has 0 aromatic heterocycles. The van der Waals surface area contributed by atoms with Gasteiger partial charge in [0.15, 0.2) is 0 Å². The first-order valence-electron chi connectivity index (χ1n) is 8.66. The number of ether oxygens (including phenoxy) is 1. The second kappa shape index (κ2) is 10.6. The molecule has 21 heavy (non-hydrogen) atoms. The third-order valence-electron chi connectivity index (χ3n) is 4.18. The van der Waals surface area contributed by atoms with Gasteiger partial charge in [-0.15, -0.1) is 0 Å². The minimum absolute atomic E-state index is 0.0755. The lowest BCUT2D eigenvalue weighted by atomic mass is 10.1. The molecule has 0 N–H and O–H groups in total. The molecule has 122 valence electrons. The fourth-order valence-electron chi connectivity index (χ4n) is 2.88. The Morgan fingerprint density at radius 3 is 2.33 bits per heavy atom. The maximum Gasteiger partial charge on any atom is 0.328 e. The highest BCUT2D eigenvalue weighted by atomic mass is 16.5. The number of hydrogen-bond donors (Lipinski definition) is 0. The number of nitrogens with zero attached hydrogens (tertiary/aromatic N) is 1. The molecule has 4 nitrogen and oxygen atoms in total. The van der Waals surface area contributed by atoms with Crippen molar-refractivity contribution in [2.24, 2.45) is 0 Å². The highest BCUT2D eigenvalue weighted by Gasteiger charge is 2.35. The molecule has 0 bridgehead atoms. The van der Waals surface area contributed by atoms with Gasteiger partial charge in [0.05, 0.1) is 6.61 Å². The van der Waals surface area contributed by atoms with Crippen LogP contribution in [0.1, 0.15) is 78.1 Å². The number of carbonyl (C=O) groups excluding carboxylic acids is 2. The molecule has 1 saturated heterocycles. The molecule has 1 fully saturated rings. The Hall–Kier alpha value is -1.06. The fourth-order valence-corrected chi connectivity index (χ4v) is 2.88. The average Bonchev–Trinajstić information content (AvgIpc) is 2.86. The van der Waals surface area contributed by atoms with E-state index in [1.807, 2.05) is 6.92 Å². The van der Waals surface area contributed by atoms with E-state index in [2.05, 4.69) is 6.92 Å². The van der Waals surface area contributed by atoms with Crippen molar-refractivity contribution in [2.45, 2.75) is 84.1 Å². The van der Waals surface area contributed by atoms with Gasteiger partial charge < -0.3 is 9.64 Å². The lowest BCUT2D eigenvalue weighted by molar-refractivity contribution is -0.151. The van der Waals surface area contributed by atoms with E-state index >= 15 is 0 Å². The Morgan fingerprint density at radius 2 is 1.71 bits per heavy atom. The predicted octanol–water partition coefficient (Wildman–Crippen LogP) is 3.68. The summed E-state index contributed by atoms with van der Waals surface area (Å²) < 4.78 is 5.32. The van der Waals surface area contributed by atoms with E-state index in [0.29, 0.717) is 26.0 Å². The highest BCUT2D eigenvalue weighted by molar-refractivity contribution is 5.88. The van der Waals surface area contributed by atoms with Crippen molar-refractivity contribution >= 4 is 11.9 Å². The molecule has 1 aliphatic heterocycles. The number of likely N-dealkylation sites (tertiary alicyclic amines) is 1. The van der Waals surface area contributed by atoms with Crippen molar-refractivity contribution in [3.8, 4) is 0 Å². The number of likely N-dealkylation sites (N-methyl/N-ethyl adjacent to an activating group) is 1. The standard InChI is InChI=1S/C17H31NO3/c1-3-5-6-7-8-9-10-11-14-21-17(20)15-12-13-16(19)18(15)4-2/h15H,3-14H2,1-2H3/t15-/m0/s1. The first-order chi connectivity index (χ1) is 10.2. The van der Waals surface area contributed by atoms with Gasteiger partial charge in [-0.05, 0) is 19.8 Å². The normalized spacial score (nSPS) is 18.3. The van der Waals surface area contributed by atoms with Gasteiger partial charge in [-0.3, -0.25) is 4.79 Å². The van der Waals surface area contributed by atoms with Crippen molar-refractivity contribution in [2.75, 3.05) is 13.2 Å². The Bertz CT molecular complexity index is 317. The van der Waals surface area contributed by atoms with E-state index in [-0.39, 0.29) is 17.9 Å². The van der Waals surface area contributed by atoms with Crippen LogP contribution in [0.2, 0.25) is 0 Å². The van der Waals surface area contributed by atoms with E-state index in [0.717, 1.165) is 12.8 Å². The third kappa shape index (κ3) is 6.49. The number of unbranched alkanes of at least 4 members (excludes halogenated alkanes) is 7. The van der Waals surface area contributed by atoms with Crippen molar-refractivity contribution in [1.82, 2.24) is 4.90 Å². The Morgan fingerprint density at radius 1 is 1.10 bits per heavy atom. The summed E-state index contributed by atoms with van der Waals surface area (Å²) in [4.78, 5) is 25.1. The van der Waals surface area contributed by atoms with Crippen LogP contribution in [0.5, 0.6) is 0 Å². The van der Waals surface area contributed by atoms with Gasteiger partial charge in [0.1, 0.15) is 6.04 Å². The van der Waals surface area contributed by atoms with Gasteiger partial charge in [-0.1, -0.05) is 51.9 Å². The van der Waals surface area contributed by atoms with Gasteiger partial charge in [0, 0.05) is 13.0 Å². The van der Waals surface area contributed by atoms with Crippen molar-refractivity contribution in [3.05, 3.63) is 0 Å². The molecule has 0 aromatic rings. The quantitative estimate of drug-likeness (QED) is 0.432. The first kappa shape index (κ1) is 18.0. The van der Waals surface area contributed by atoms with Crippen LogP contribution in [-0.4, -0.2) is 36.0 Å². The molecule has 0 spiro atoms. The first-order valence-corrected chi connectivity index (χ1v) is 8.66. The molecule has 1 heterocycles. The smallest absolute Gasteiger partial charge is 0.328 e. The summed E-state index contributed by atoms with van der Waals surface area (Å²) in [6.45, 7) is 5.22. The van der Waals surface area contributed by atoms with Crippen molar-refractivity contribution in [1.29, 1.82) is 0 Å². The van der Waals surface area contributed by atoms with E-state index in [9.17, 15) is 9.59 Å². The zero-order valence-corrected chi connectivity index (χ0v) is 13.7. The minimum Gasteiger partial charge on any atom is -0.464 e. The molecule has 0 radical (unpaired) electrons. The topological polar surface area (TPSA) is 46.6 Å². The zero-order valence-electron chi connectivity index (χ0n) is 13.7. The molecular weight excluding hydrogens is 266 g/mol. The fraction of sp³-hybridized carbons (Fsp3) is 0.882. The SMILES string of the molecule is CCCCCCCCCCOC(=O)[C@@H]1CCC(=O)N1CC. The Balaban J connectivity index is 2.02. The number of rotatable bonds is 11. The molecule has 1 aliphatic rings. The van der Waals surface area contributed by atoms with Gasteiger partial charge >= 0.3 is 5.97 Å². The van der Waals surface area contributed by atoms with Crippen molar-refractivity contribution in [3.63, 3.8) is 0 Å². The van der Waals surface area contributed by atoms with Crippen LogP contribution in [0.25, 0.3) is 0 Å². The van der Waals surface area contributed by atoms with Gasteiger partial charge in [0.2, 0.25) is 5.91 Å². The van der Waals surface area contributed by atoms with Crippen LogP contribution in [0, 0.1) is 0 Å². The van der Waals surface area contributed by atoms with Crippen LogP contribution in [0.4, 0.5) is 0 Å². The van der Waals surface area contributed by atoms with Gasteiger partial charge in [0.25, 0.3) is 0 Å². The molecule has 0 unspecified atom stereocenters. The van der Waals surface area contributed by atoms with E-state index in [4.69, 9.17) is 4.74 Å². The average molecular weight is 297 g/mol. The van der Waals surface area contributed by atoms with Crippen LogP contribution < -0.4 is 0 Å². The van der Waals surface area contributed by atoms with E-state index < -0.39 is 0 Å². The number of hydrogen-bond acceptors (Lipinski definition) is 3. The van der Waals surface area contributed by atoms with Crippen LogP contribution in [-0.2, 0) is 14.3 Å². The zero-order chi connectivity index (χ0) is 15.5. The van der Waals surface area contributed by atoms with Crippen LogP contribution in [0.3, 0.4) is 0 Å². The van der Waals surface area contributed by atoms with Crippen LogP contribution in [0.15, 0.2) is 0 Å². The van der Waals surface area contributed by atoms with Gasteiger partial charge in [-0.2, -0.15) is 0 Å². The molecule has 4 heteroatoms. The molecule has 1 rings (SSSR count). The minimum atomic E-state index is -0.337. The largest absolute Gasteiger partial charge is 0.464 e. The summed E-state index contributed by atoms with van der Waals surface area (Å²) >= 11 is 0. The number of esters is 1. The third-order valence-corrected chi connectivity index (χ3v) is 4.18. The number of amides is 1. The second-order valence-electron chi connectivity index (χ2n) is 5.88. The molecular formula is C17H31NO3. The second-order valence-corrected chi connectivity index (χ2v) is 5.88. The monoisotopic (exact) mass is 297 g/mol. The lowest BCUT2D eigenvalue weighted by Gasteiger charge is -2.21. The Labute approximate surface area is 129 Å². The summed E-state index contributed by atoms with van der Waals surface area (Å²) in [6, 6.07) is -0.337. The molecule has 1 amide bonds. The van der Waals surface area contributed by atoms with E-state index in [1.54, 1.807) is 4.90 Å². The molecule has 0 saturated carbocycles. The molecule has 1 atom stereocenters. The Kier molecular flexibility index (Phi) is 9.11.